The van der Waals surface area contributed by atoms with Crippen molar-refractivity contribution >= 4 is 17.5 Å². The molecule has 25 heavy (non-hydrogen) atoms. The number of aryl methyl sites for hydroxylation is 1. The van der Waals surface area contributed by atoms with Crippen LogP contribution in [0.25, 0.3) is 11.3 Å². The van der Waals surface area contributed by atoms with Crippen molar-refractivity contribution in [3.8, 4) is 17.3 Å². The Morgan fingerprint density at radius 1 is 1.28 bits per heavy atom. The number of benzene rings is 1. The normalized spacial score (nSPS) is 10.4. The molecule has 0 aliphatic rings. The van der Waals surface area contributed by atoms with Gasteiger partial charge in [-0.1, -0.05) is 47.3 Å². The van der Waals surface area contributed by atoms with Gasteiger partial charge in [0.25, 0.3) is 0 Å². The maximum absolute atomic E-state index is 12.0. The molecule has 0 fully saturated rings. The summed E-state index contributed by atoms with van der Waals surface area (Å²) in [5.74, 6) is 1.15. The molecule has 6 heteroatoms. The van der Waals surface area contributed by atoms with Crippen molar-refractivity contribution in [1.82, 2.24) is 10.1 Å². The second-order valence-electron chi connectivity index (χ2n) is 5.49. The zero-order valence-electron chi connectivity index (χ0n) is 13.8. The molecule has 2 heterocycles. The number of nitrogens with zero attached hydrogens (tertiary/aromatic N) is 3. The fourth-order valence-electron chi connectivity index (χ4n) is 2.40. The maximum Gasteiger partial charge on any atom is 0.162 e. The third-order valence-corrected chi connectivity index (χ3v) is 4.59. The third kappa shape index (κ3) is 3.78. The molecule has 0 saturated carbocycles. The van der Waals surface area contributed by atoms with Gasteiger partial charge in [-0.25, -0.2) is 4.98 Å². The van der Waals surface area contributed by atoms with Crippen LogP contribution in [0.2, 0.25) is 0 Å². The number of rotatable bonds is 5. The lowest BCUT2D eigenvalue weighted by Gasteiger charge is -2.10. The van der Waals surface area contributed by atoms with Crippen LogP contribution < -0.4 is 0 Å². The Morgan fingerprint density at radius 3 is 2.64 bits per heavy atom. The second kappa shape index (κ2) is 7.32. The Morgan fingerprint density at radius 2 is 2.04 bits per heavy atom. The minimum Gasteiger partial charge on any atom is -0.361 e. The molecule has 3 rings (SSSR count). The molecule has 2 aromatic heterocycles. The zero-order chi connectivity index (χ0) is 17.8. The van der Waals surface area contributed by atoms with Crippen LogP contribution in [-0.4, -0.2) is 15.9 Å². The highest BCUT2D eigenvalue weighted by Crippen LogP contribution is 2.30. The van der Waals surface area contributed by atoms with Gasteiger partial charge in [0.1, 0.15) is 16.9 Å². The van der Waals surface area contributed by atoms with Gasteiger partial charge in [-0.3, -0.25) is 4.79 Å². The first-order valence-corrected chi connectivity index (χ1v) is 8.63. The van der Waals surface area contributed by atoms with E-state index in [0.29, 0.717) is 27.6 Å². The number of pyridine rings is 1. The summed E-state index contributed by atoms with van der Waals surface area (Å²) in [6.07, 6.45) is 0. The predicted octanol–water partition coefficient (Wildman–Crippen LogP) is 4.41. The molecule has 0 saturated heterocycles. The van der Waals surface area contributed by atoms with E-state index in [9.17, 15) is 10.1 Å². The van der Waals surface area contributed by atoms with Gasteiger partial charge in [-0.05, 0) is 19.9 Å². The van der Waals surface area contributed by atoms with E-state index in [1.807, 2.05) is 43.3 Å². The summed E-state index contributed by atoms with van der Waals surface area (Å²) in [7, 11) is 0. The molecule has 0 amide bonds. The number of thioether (sulfide) groups is 1. The standard InChI is InChI=1S/C19H15N3O2S/c1-12-8-16(22-24-12)11-25-19-15(10-20)9-17(13(2)23)18(21-19)14-6-4-3-5-7-14/h3-9H,11H2,1-2H3. The molecule has 124 valence electrons. The highest BCUT2D eigenvalue weighted by atomic mass is 32.2. The highest BCUT2D eigenvalue weighted by Gasteiger charge is 2.17. The molecule has 3 aromatic rings. The number of ketones is 1. The van der Waals surface area contributed by atoms with Crippen molar-refractivity contribution in [3.05, 3.63) is 65.0 Å². The lowest BCUT2D eigenvalue weighted by atomic mass is 10.0. The summed E-state index contributed by atoms with van der Waals surface area (Å²) < 4.78 is 5.06. The van der Waals surface area contributed by atoms with Gasteiger partial charge in [0.05, 0.1) is 17.0 Å². The lowest BCUT2D eigenvalue weighted by Crippen LogP contribution is -2.02. The minimum atomic E-state index is -0.119. The van der Waals surface area contributed by atoms with Crippen molar-refractivity contribution in [3.63, 3.8) is 0 Å². The molecule has 0 radical (unpaired) electrons. The molecule has 5 nitrogen and oxygen atoms in total. The average Bonchev–Trinajstić information content (AvgIpc) is 3.05. The summed E-state index contributed by atoms with van der Waals surface area (Å²) in [6, 6.07) is 15.1. The minimum absolute atomic E-state index is 0.119. The van der Waals surface area contributed by atoms with Crippen molar-refractivity contribution in [2.75, 3.05) is 0 Å². The van der Waals surface area contributed by atoms with Crippen LogP contribution in [0.4, 0.5) is 0 Å². The molecular weight excluding hydrogens is 334 g/mol. The maximum atomic E-state index is 12.0. The van der Waals surface area contributed by atoms with Crippen molar-refractivity contribution in [2.24, 2.45) is 0 Å². The Hall–Kier alpha value is -2.91. The van der Waals surface area contributed by atoms with Gasteiger partial charge in [-0.15, -0.1) is 0 Å². The van der Waals surface area contributed by atoms with Crippen LogP contribution in [0.1, 0.15) is 34.3 Å². The van der Waals surface area contributed by atoms with E-state index in [2.05, 4.69) is 16.2 Å². The van der Waals surface area contributed by atoms with Crippen LogP contribution in [0.3, 0.4) is 0 Å². The van der Waals surface area contributed by atoms with Gasteiger partial charge in [0.2, 0.25) is 0 Å². The Balaban J connectivity index is 2.02. The number of aromatic nitrogens is 2. The van der Waals surface area contributed by atoms with E-state index in [1.165, 1.54) is 18.7 Å². The SMILES string of the molecule is CC(=O)c1cc(C#N)c(SCc2cc(C)on2)nc1-c1ccccc1. The quantitative estimate of drug-likeness (QED) is 0.501. The number of Topliss-reactive ketones (excluding diaryl/α,β-unsaturated/α-hetero) is 1. The topological polar surface area (TPSA) is 79.8 Å². The van der Waals surface area contributed by atoms with Crippen molar-refractivity contribution < 1.29 is 9.32 Å². The zero-order valence-corrected chi connectivity index (χ0v) is 14.6. The van der Waals surface area contributed by atoms with E-state index in [-0.39, 0.29) is 5.78 Å². The fourth-order valence-corrected chi connectivity index (χ4v) is 3.24. The Labute approximate surface area is 149 Å². The summed E-state index contributed by atoms with van der Waals surface area (Å²) >= 11 is 1.40. The summed E-state index contributed by atoms with van der Waals surface area (Å²) in [5.41, 5.74) is 3.05. The number of carbonyl (C=O) groups is 1. The fraction of sp³-hybridized carbons (Fsp3) is 0.158. The average molecular weight is 349 g/mol. The smallest absolute Gasteiger partial charge is 0.162 e. The van der Waals surface area contributed by atoms with Crippen LogP contribution in [-0.2, 0) is 5.75 Å². The molecule has 0 spiro atoms. The van der Waals surface area contributed by atoms with Gasteiger partial charge >= 0.3 is 0 Å². The number of hydrogen-bond donors (Lipinski definition) is 0. The van der Waals surface area contributed by atoms with Gasteiger partial charge in [0, 0.05) is 22.9 Å². The van der Waals surface area contributed by atoms with E-state index < -0.39 is 0 Å². The van der Waals surface area contributed by atoms with E-state index in [0.717, 1.165) is 17.0 Å². The van der Waals surface area contributed by atoms with Gasteiger partial charge in [0.15, 0.2) is 5.78 Å². The van der Waals surface area contributed by atoms with E-state index in [4.69, 9.17) is 4.52 Å². The highest BCUT2D eigenvalue weighted by molar-refractivity contribution is 7.98. The third-order valence-electron chi connectivity index (χ3n) is 3.57. The monoisotopic (exact) mass is 349 g/mol. The summed E-state index contributed by atoms with van der Waals surface area (Å²) in [4.78, 5) is 16.6. The Bertz CT molecular complexity index is 959. The number of carbonyl (C=O) groups excluding carboxylic acids is 1. The number of nitriles is 1. The molecule has 0 N–H and O–H groups in total. The first-order valence-electron chi connectivity index (χ1n) is 7.65. The van der Waals surface area contributed by atoms with Crippen molar-refractivity contribution in [2.45, 2.75) is 24.6 Å². The Kier molecular flexibility index (Phi) is 4.96. The van der Waals surface area contributed by atoms with E-state index >= 15 is 0 Å². The largest absolute Gasteiger partial charge is 0.361 e. The molecule has 0 atom stereocenters. The molecule has 1 aromatic carbocycles. The predicted molar refractivity (Wildman–Crippen MR) is 95.2 cm³/mol. The molecule has 0 unspecified atom stereocenters. The first-order chi connectivity index (χ1) is 12.1. The number of hydrogen-bond acceptors (Lipinski definition) is 6. The van der Waals surface area contributed by atoms with Gasteiger partial charge in [-0.2, -0.15) is 5.26 Å². The van der Waals surface area contributed by atoms with Crippen LogP contribution in [0.5, 0.6) is 0 Å². The first kappa shape index (κ1) is 16.9. The van der Waals surface area contributed by atoms with Crippen LogP contribution >= 0.6 is 11.8 Å². The molecular formula is C19H15N3O2S. The second-order valence-corrected chi connectivity index (χ2v) is 6.45. The van der Waals surface area contributed by atoms with Crippen molar-refractivity contribution in [1.29, 1.82) is 5.26 Å². The van der Waals surface area contributed by atoms with Crippen LogP contribution in [0.15, 0.2) is 52.0 Å². The van der Waals surface area contributed by atoms with Gasteiger partial charge < -0.3 is 4.52 Å². The van der Waals surface area contributed by atoms with E-state index in [1.54, 1.807) is 6.07 Å². The molecule has 0 aliphatic heterocycles. The van der Waals surface area contributed by atoms with Crippen LogP contribution in [0, 0.1) is 18.3 Å². The molecule has 0 bridgehead atoms. The lowest BCUT2D eigenvalue weighted by molar-refractivity contribution is 0.101. The summed E-state index contributed by atoms with van der Waals surface area (Å²) in [5, 5.41) is 14.0. The summed E-state index contributed by atoms with van der Waals surface area (Å²) in [6.45, 7) is 3.31. The molecule has 0 aliphatic carbocycles.